The van der Waals surface area contributed by atoms with Gasteiger partial charge in [-0.2, -0.15) is 0 Å². The highest BCUT2D eigenvalue weighted by Crippen LogP contribution is 2.16. The van der Waals surface area contributed by atoms with E-state index in [9.17, 15) is 14.0 Å². The average Bonchev–Trinajstić information content (AvgIpc) is 3.10. The molecule has 0 aliphatic heterocycles. The highest BCUT2D eigenvalue weighted by atomic mass is 19.1. The van der Waals surface area contributed by atoms with Gasteiger partial charge in [0.2, 0.25) is 5.82 Å². The summed E-state index contributed by atoms with van der Waals surface area (Å²) in [5.74, 6) is -0.773. The molecule has 2 aromatic heterocycles. The van der Waals surface area contributed by atoms with Crippen molar-refractivity contribution >= 4 is 17.3 Å². The first-order valence-electron chi connectivity index (χ1n) is 9.34. The van der Waals surface area contributed by atoms with Crippen molar-refractivity contribution in [3.05, 3.63) is 71.6 Å². The largest absolute Gasteiger partial charge is 0.349 e. The average molecular weight is 382 g/mol. The van der Waals surface area contributed by atoms with Crippen LogP contribution in [0.2, 0.25) is 0 Å². The molecule has 0 bridgehead atoms. The first-order valence-corrected chi connectivity index (χ1v) is 9.34. The van der Waals surface area contributed by atoms with Crippen molar-refractivity contribution in [2.75, 3.05) is 19.6 Å². The molecule has 3 aromatic rings. The first-order chi connectivity index (χ1) is 13.6. The van der Waals surface area contributed by atoms with Gasteiger partial charge in [-0.15, -0.1) is 0 Å². The lowest BCUT2D eigenvalue weighted by Gasteiger charge is -2.17. The molecule has 2 amide bonds. The second-order valence-electron chi connectivity index (χ2n) is 6.31. The van der Waals surface area contributed by atoms with Crippen LogP contribution < -0.4 is 5.32 Å². The van der Waals surface area contributed by atoms with Gasteiger partial charge in [-0.25, -0.2) is 9.37 Å². The molecule has 146 valence electrons. The molecule has 0 unspecified atom stereocenters. The number of benzene rings is 1. The number of hydrogen-bond donors (Lipinski definition) is 1. The van der Waals surface area contributed by atoms with Crippen molar-refractivity contribution in [3.8, 4) is 0 Å². The van der Waals surface area contributed by atoms with E-state index in [0.717, 1.165) is 0 Å². The molecular weight excluding hydrogens is 359 g/mol. The van der Waals surface area contributed by atoms with Gasteiger partial charge < -0.3 is 10.2 Å². The minimum Gasteiger partial charge on any atom is -0.349 e. The molecular formula is C21H23FN4O2. The van der Waals surface area contributed by atoms with Crippen molar-refractivity contribution in [1.82, 2.24) is 19.6 Å². The van der Waals surface area contributed by atoms with Gasteiger partial charge in [0.25, 0.3) is 11.8 Å². The predicted molar refractivity (Wildman–Crippen MR) is 105 cm³/mol. The molecule has 7 heteroatoms. The summed E-state index contributed by atoms with van der Waals surface area (Å²) in [7, 11) is 0. The van der Waals surface area contributed by atoms with Gasteiger partial charge in [0, 0.05) is 25.8 Å². The number of halogens is 1. The Balaban J connectivity index is 1.81. The van der Waals surface area contributed by atoms with Crippen molar-refractivity contribution in [2.24, 2.45) is 0 Å². The van der Waals surface area contributed by atoms with E-state index < -0.39 is 5.91 Å². The Morgan fingerprint density at radius 2 is 1.82 bits per heavy atom. The Labute approximate surface area is 163 Å². The molecule has 0 atom stereocenters. The molecule has 0 spiro atoms. The van der Waals surface area contributed by atoms with Gasteiger partial charge in [-0.05, 0) is 44.0 Å². The number of nitrogens with zero attached hydrogens (tertiary/aromatic N) is 3. The van der Waals surface area contributed by atoms with Crippen LogP contribution in [0.15, 0.2) is 48.7 Å². The van der Waals surface area contributed by atoms with Gasteiger partial charge in [0.05, 0.1) is 5.52 Å². The van der Waals surface area contributed by atoms with E-state index in [4.69, 9.17) is 0 Å². The van der Waals surface area contributed by atoms with Crippen LogP contribution in [0.1, 0.15) is 40.5 Å². The van der Waals surface area contributed by atoms with Crippen LogP contribution in [0.25, 0.3) is 5.52 Å². The van der Waals surface area contributed by atoms with Gasteiger partial charge >= 0.3 is 0 Å². The number of rotatable bonds is 7. The molecule has 0 saturated carbocycles. The third-order valence-corrected chi connectivity index (χ3v) is 4.64. The second-order valence-corrected chi connectivity index (χ2v) is 6.31. The SMILES string of the molecule is CCN(CC)C(=O)c1nc(C(=O)NCCc2ccccc2F)n2ccccc12. The monoisotopic (exact) mass is 382 g/mol. The summed E-state index contributed by atoms with van der Waals surface area (Å²) in [5, 5.41) is 2.76. The van der Waals surface area contributed by atoms with Gasteiger partial charge in [0.1, 0.15) is 5.82 Å². The van der Waals surface area contributed by atoms with Crippen LogP contribution in [0.5, 0.6) is 0 Å². The van der Waals surface area contributed by atoms with Crippen LogP contribution in [0.4, 0.5) is 4.39 Å². The summed E-state index contributed by atoms with van der Waals surface area (Å²) in [6.07, 6.45) is 2.07. The van der Waals surface area contributed by atoms with Gasteiger partial charge in [-0.1, -0.05) is 24.3 Å². The fraction of sp³-hybridized carbons (Fsp3) is 0.286. The number of pyridine rings is 1. The maximum atomic E-state index is 13.7. The van der Waals surface area contributed by atoms with Crippen molar-refractivity contribution in [2.45, 2.75) is 20.3 Å². The van der Waals surface area contributed by atoms with Gasteiger partial charge in [0.15, 0.2) is 5.69 Å². The number of nitrogens with one attached hydrogen (secondary N) is 1. The minimum absolute atomic E-state index is 0.139. The Bertz CT molecular complexity index is 995. The molecule has 0 aliphatic carbocycles. The fourth-order valence-electron chi connectivity index (χ4n) is 3.11. The number of aromatic nitrogens is 2. The number of carbonyl (C=O) groups is 2. The van der Waals surface area contributed by atoms with E-state index in [1.165, 1.54) is 6.07 Å². The summed E-state index contributed by atoms with van der Waals surface area (Å²) >= 11 is 0. The molecule has 0 radical (unpaired) electrons. The summed E-state index contributed by atoms with van der Waals surface area (Å²) in [4.78, 5) is 31.4. The smallest absolute Gasteiger partial charge is 0.287 e. The fourth-order valence-corrected chi connectivity index (χ4v) is 3.11. The highest BCUT2D eigenvalue weighted by Gasteiger charge is 2.23. The molecule has 1 aromatic carbocycles. The lowest BCUT2D eigenvalue weighted by Crippen LogP contribution is -2.31. The third-order valence-electron chi connectivity index (χ3n) is 4.64. The normalized spacial score (nSPS) is 10.8. The topological polar surface area (TPSA) is 66.7 Å². The number of carbonyl (C=O) groups excluding carboxylic acids is 2. The Kier molecular flexibility index (Phi) is 6.03. The molecule has 28 heavy (non-hydrogen) atoms. The van der Waals surface area contributed by atoms with E-state index >= 15 is 0 Å². The van der Waals surface area contributed by atoms with E-state index in [1.807, 2.05) is 13.8 Å². The number of amides is 2. The van der Waals surface area contributed by atoms with E-state index in [1.54, 1.807) is 51.9 Å². The van der Waals surface area contributed by atoms with Crippen LogP contribution in [-0.2, 0) is 6.42 Å². The van der Waals surface area contributed by atoms with Crippen molar-refractivity contribution < 1.29 is 14.0 Å². The van der Waals surface area contributed by atoms with Crippen LogP contribution in [0, 0.1) is 5.82 Å². The lowest BCUT2D eigenvalue weighted by atomic mass is 10.1. The number of fused-ring (bicyclic) bond motifs is 1. The third kappa shape index (κ3) is 3.88. The maximum absolute atomic E-state index is 13.7. The van der Waals surface area contributed by atoms with Crippen LogP contribution in [0.3, 0.4) is 0 Å². The molecule has 0 saturated heterocycles. The van der Waals surface area contributed by atoms with Gasteiger partial charge in [-0.3, -0.25) is 14.0 Å². The standard InChI is InChI=1S/C21H23FN4O2/c1-3-25(4-2)21(28)18-17-11-7-8-14-26(17)19(24-18)20(27)23-13-12-15-9-5-6-10-16(15)22/h5-11,14H,3-4,12-13H2,1-2H3,(H,23,27). The molecule has 0 fully saturated rings. The lowest BCUT2D eigenvalue weighted by molar-refractivity contribution is 0.0769. The predicted octanol–water partition coefficient (Wildman–Crippen LogP) is 2.93. The van der Waals surface area contributed by atoms with E-state index in [-0.39, 0.29) is 29.8 Å². The molecule has 3 rings (SSSR count). The summed E-state index contributed by atoms with van der Waals surface area (Å²) in [6, 6.07) is 11.8. The minimum atomic E-state index is -0.406. The van der Waals surface area contributed by atoms with E-state index in [0.29, 0.717) is 30.6 Å². The zero-order valence-electron chi connectivity index (χ0n) is 16.0. The number of hydrogen-bond acceptors (Lipinski definition) is 3. The second kappa shape index (κ2) is 8.65. The molecule has 6 nitrogen and oxygen atoms in total. The molecule has 2 heterocycles. The Morgan fingerprint density at radius 1 is 1.11 bits per heavy atom. The zero-order chi connectivity index (χ0) is 20.1. The van der Waals surface area contributed by atoms with Crippen molar-refractivity contribution in [3.63, 3.8) is 0 Å². The molecule has 1 N–H and O–H groups in total. The maximum Gasteiger partial charge on any atom is 0.287 e. The van der Waals surface area contributed by atoms with Crippen LogP contribution >= 0.6 is 0 Å². The summed E-state index contributed by atoms with van der Waals surface area (Å²) in [6.45, 7) is 5.18. The summed E-state index contributed by atoms with van der Waals surface area (Å²) in [5.41, 5.74) is 1.37. The Morgan fingerprint density at radius 3 is 2.54 bits per heavy atom. The summed E-state index contributed by atoms with van der Waals surface area (Å²) < 4.78 is 15.3. The highest BCUT2D eigenvalue weighted by molar-refractivity contribution is 6.02. The zero-order valence-corrected chi connectivity index (χ0v) is 16.0. The molecule has 0 aliphatic rings. The van der Waals surface area contributed by atoms with Crippen molar-refractivity contribution in [1.29, 1.82) is 0 Å². The Hall–Kier alpha value is -3.22. The number of imidazole rings is 1. The van der Waals surface area contributed by atoms with E-state index in [2.05, 4.69) is 10.3 Å². The quantitative estimate of drug-likeness (QED) is 0.683. The first kappa shape index (κ1) is 19.5. The van der Waals surface area contributed by atoms with Crippen LogP contribution in [-0.4, -0.2) is 45.7 Å².